The van der Waals surface area contributed by atoms with Crippen LogP contribution in [0.2, 0.25) is 18.1 Å². The SMILES string of the molecule is C[C@@H](O[Si](C)(C)C(C)(C)C)[C@H]1C(=O)N2C(C(=O)OCc3ccc([N+](=O)[O-])cc3)C(=O)[C@H](C)[C@H]12. The predicted molar refractivity (Wildman–Crippen MR) is 123 cm³/mol. The zero-order chi connectivity index (χ0) is 24.9. The van der Waals surface area contributed by atoms with Crippen molar-refractivity contribution >= 4 is 31.7 Å². The van der Waals surface area contributed by atoms with Gasteiger partial charge in [-0.2, -0.15) is 0 Å². The summed E-state index contributed by atoms with van der Waals surface area (Å²) >= 11 is 0. The maximum Gasteiger partial charge on any atom is 0.337 e. The molecule has 2 saturated heterocycles. The molecule has 9 nitrogen and oxygen atoms in total. The lowest BCUT2D eigenvalue weighted by molar-refractivity contribution is -0.384. The molecule has 2 fully saturated rings. The number of nitrogens with zero attached hydrogens (tertiary/aromatic N) is 2. The van der Waals surface area contributed by atoms with Gasteiger partial charge < -0.3 is 14.1 Å². The molecule has 5 atom stereocenters. The Morgan fingerprint density at radius 1 is 1.21 bits per heavy atom. The van der Waals surface area contributed by atoms with Crippen molar-refractivity contribution in [1.29, 1.82) is 0 Å². The Kier molecular flexibility index (Phi) is 6.56. The van der Waals surface area contributed by atoms with E-state index in [1.165, 1.54) is 29.2 Å². The summed E-state index contributed by atoms with van der Waals surface area (Å²) in [7, 11) is -2.12. The molecule has 2 aliphatic heterocycles. The lowest BCUT2D eigenvalue weighted by Gasteiger charge is -2.50. The first-order valence-electron chi connectivity index (χ1n) is 11.1. The molecule has 0 bridgehead atoms. The van der Waals surface area contributed by atoms with Gasteiger partial charge in [-0.25, -0.2) is 4.79 Å². The number of nitro benzene ring substituents is 1. The van der Waals surface area contributed by atoms with E-state index in [4.69, 9.17) is 9.16 Å². The van der Waals surface area contributed by atoms with Crippen molar-refractivity contribution in [3.63, 3.8) is 0 Å². The highest BCUT2D eigenvalue weighted by atomic mass is 28.4. The van der Waals surface area contributed by atoms with Crippen LogP contribution >= 0.6 is 0 Å². The minimum absolute atomic E-state index is 0.0188. The number of ketones is 1. The van der Waals surface area contributed by atoms with Gasteiger partial charge in [0, 0.05) is 18.1 Å². The van der Waals surface area contributed by atoms with Gasteiger partial charge >= 0.3 is 5.97 Å². The third kappa shape index (κ3) is 4.46. The molecule has 10 heteroatoms. The van der Waals surface area contributed by atoms with Gasteiger partial charge in [0.25, 0.3) is 5.69 Å². The minimum Gasteiger partial charge on any atom is -0.459 e. The summed E-state index contributed by atoms with van der Waals surface area (Å²) in [6, 6.07) is 3.95. The monoisotopic (exact) mass is 476 g/mol. The third-order valence-electron chi connectivity index (χ3n) is 7.28. The summed E-state index contributed by atoms with van der Waals surface area (Å²) < 4.78 is 11.7. The van der Waals surface area contributed by atoms with Crippen LogP contribution in [0.3, 0.4) is 0 Å². The van der Waals surface area contributed by atoms with Gasteiger partial charge in [0.05, 0.1) is 23.0 Å². The molecule has 0 N–H and O–H groups in total. The van der Waals surface area contributed by atoms with Crippen LogP contribution in [0.4, 0.5) is 5.69 Å². The molecule has 0 aliphatic carbocycles. The van der Waals surface area contributed by atoms with Crippen LogP contribution in [-0.4, -0.2) is 54.0 Å². The van der Waals surface area contributed by atoms with Crippen LogP contribution in [0.1, 0.15) is 40.2 Å². The molecular weight excluding hydrogens is 444 g/mol. The highest BCUT2D eigenvalue weighted by Gasteiger charge is 2.65. The number of hydrogen-bond acceptors (Lipinski definition) is 7. The summed E-state index contributed by atoms with van der Waals surface area (Å²) in [5, 5.41) is 10.7. The fraction of sp³-hybridized carbons (Fsp3) is 0.609. The topological polar surface area (TPSA) is 116 Å². The summed E-state index contributed by atoms with van der Waals surface area (Å²) in [5.41, 5.74) is 0.479. The van der Waals surface area contributed by atoms with Crippen molar-refractivity contribution in [3.05, 3.63) is 39.9 Å². The summed E-state index contributed by atoms with van der Waals surface area (Å²) in [4.78, 5) is 50.3. The van der Waals surface area contributed by atoms with Crippen LogP contribution in [0.5, 0.6) is 0 Å². The van der Waals surface area contributed by atoms with E-state index in [1.807, 2.05) is 6.92 Å². The van der Waals surface area contributed by atoms with Gasteiger partial charge in [-0.3, -0.25) is 19.7 Å². The maximum absolute atomic E-state index is 13.0. The minimum atomic E-state index is -2.12. The first kappa shape index (κ1) is 25.0. The van der Waals surface area contributed by atoms with Gasteiger partial charge in [0.2, 0.25) is 5.91 Å². The molecule has 0 spiro atoms. The maximum atomic E-state index is 13.0. The second-order valence-electron chi connectivity index (χ2n) is 10.5. The predicted octanol–water partition coefficient (Wildman–Crippen LogP) is 3.46. The molecular formula is C23H32N2O7Si. The van der Waals surface area contributed by atoms with Crippen LogP contribution in [0, 0.1) is 22.0 Å². The number of amides is 1. The zero-order valence-corrected chi connectivity index (χ0v) is 21.2. The van der Waals surface area contributed by atoms with Crippen LogP contribution in [-0.2, 0) is 30.2 Å². The summed E-state index contributed by atoms with van der Waals surface area (Å²) in [6.45, 7) is 14.1. The highest BCUT2D eigenvalue weighted by molar-refractivity contribution is 6.74. The molecule has 0 saturated carbocycles. The quantitative estimate of drug-likeness (QED) is 0.148. The molecule has 1 aromatic rings. The molecule has 1 amide bonds. The zero-order valence-electron chi connectivity index (χ0n) is 20.2. The van der Waals surface area contributed by atoms with E-state index in [1.54, 1.807) is 6.92 Å². The second-order valence-corrected chi connectivity index (χ2v) is 15.2. The van der Waals surface area contributed by atoms with Crippen molar-refractivity contribution in [1.82, 2.24) is 4.90 Å². The van der Waals surface area contributed by atoms with E-state index in [2.05, 4.69) is 33.9 Å². The van der Waals surface area contributed by atoms with Crippen molar-refractivity contribution in [2.45, 2.75) is 77.5 Å². The number of rotatable bonds is 7. The Bertz CT molecular complexity index is 970. The van der Waals surface area contributed by atoms with E-state index >= 15 is 0 Å². The van der Waals surface area contributed by atoms with Crippen molar-refractivity contribution in [2.24, 2.45) is 11.8 Å². The van der Waals surface area contributed by atoms with Crippen molar-refractivity contribution in [2.75, 3.05) is 0 Å². The average Bonchev–Trinajstić information content (AvgIpc) is 2.93. The van der Waals surface area contributed by atoms with Gasteiger partial charge in [-0.05, 0) is 42.8 Å². The van der Waals surface area contributed by atoms with Crippen LogP contribution < -0.4 is 0 Å². The number of benzene rings is 1. The number of nitro groups is 1. The molecule has 3 rings (SSSR count). The standard InChI is InChI=1S/C23H32N2O7Si/c1-13-18-17(14(2)32-33(6,7)23(3,4)5)21(27)24(18)19(20(13)26)22(28)31-12-15-8-10-16(11-9-15)25(29)30/h8-11,13-14,17-19H,12H2,1-7H3/t13-,14-,17-,18-,19?/m1/s1. The fourth-order valence-corrected chi connectivity index (χ4v) is 5.76. The third-order valence-corrected chi connectivity index (χ3v) is 11.9. The number of esters is 1. The van der Waals surface area contributed by atoms with Crippen molar-refractivity contribution in [3.8, 4) is 0 Å². The number of fused-ring (bicyclic) bond motifs is 1. The number of ether oxygens (including phenoxy) is 1. The second kappa shape index (κ2) is 8.64. The molecule has 2 heterocycles. The summed E-state index contributed by atoms with van der Waals surface area (Å²) in [6.07, 6.45) is -0.357. The van der Waals surface area contributed by atoms with Gasteiger partial charge in [-0.15, -0.1) is 0 Å². The van der Waals surface area contributed by atoms with Crippen molar-refractivity contribution < 1.29 is 28.5 Å². The summed E-state index contributed by atoms with van der Waals surface area (Å²) in [5.74, 6) is -2.33. The first-order valence-corrected chi connectivity index (χ1v) is 14.0. The number of carbonyl (C=O) groups is 3. The highest BCUT2D eigenvalue weighted by Crippen LogP contribution is 2.46. The fourth-order valence-electron chi connectivity index (χ4n) is 4.33. The Balaban J connectivity index is 1.68. The number of Topliss-reactive ketones (excluding diaryl/α,β-unsaturated/α-hetero) is 1. The van der Waals surface area contributed by atoms with E-state index < -0.39 is 37.1 Å². The Morgan fingerprint density at radius 2 is 1.79 bits per heavy atom. The number of β-lactam (4-membered cyclic amide) rings is 1. The molecule has 1 aromatic carbocycles. The number of hydrogen-bond donors (Lipinski definition) is 0. The van der Waals surface area contributed by atoms with Gasteiger partial charge in [0.15, 0.2) is 20.1 Å². The molecule has 1 unspecified atom stereocenters. The van der Waals surface area contributed by atoms with E-state index in [0.29, 0.717) is 5.56 Å². The van der Waals surface area contributed by atoms with E-state index in [0.717, 1.165) is 0 Å². The van der Waals surface area contributed by atoms with E-state index in [-0.39, 0.29) is 41.2 Å². The largest absolute Gasteiger partial charge is 0.459 e. The smallest absolute Gasteiger partial charge is 0.337 e. The van der Waals surface area contributed by atoms with Crippen LogP contribution in [0.15, 0.2) is 24.3 Å². The average molecular weight is 477 g/mol. The molecule has 0 aromatic heterocycles. The number of non-ortho nitro benzene ring substituents is 1. The Hall–Kier alpha value is -2.59. The van der Waals surface area contributed by atoms with Gasteiger partial charge in [0.1, 0.15) is 6.61 Å². The lowest BCUT2D eigenvalue weighted by atomic mass is 9.79. The molecule has 2 aliphatic rings. The molecule has 33 heavy (non-hydrogen) atoms. The van der Waals surface area contributed by atoms with Gasteiger partial charge in [-0.1, -0.05) is 27.7 Å². The van der Waals surface area contributed by atoms with Crippen LogP contribution in [0.25, 0.3) is 0 Å². The Morgan fingerprint density at radius 3 is 2.30 bits per heavy atom. The first-order chi connectivity index (χ1) is 15.2. The number of carbonyl (C=O) groups excluding carboxylic acids is 3. The molecule has 0 radical (unpaired) electrons. The Labute approximate surface area is 194 Å². The lowest BCUT2D eigenvalue weighted by Crippen LogP contribution is -2.67. The normalized spacial score (nSPS) is 26.0. The molecule has 180 valence electrons. The van der Waals surface area contributed by atoms with E-state index in [9.17, 15) is 24.5 Å².